The molecule has 0 heterocycles. The number of benzene rings is 1. The molecule has 0 fully saturated rings. The van der Waals surface area contributed by atoms with Crippen LogP contribution >= 0.6 is 0 Å². The first-order valence-electron chi connectivity index (χ1n) is 5.29. The molecule has 1 aromatic carbocycles. The van der Waals surface area contributed by atoms with Crippen molar-refractivity contribution >= 4 is 0 Å². The Labute approximate surface area is 84.1 Å². The summed E-state index contributed by atoms with van der Waals surface area (Å²) >= 11 is 0. The van der Waals surface area contributed by atoms with E-state index >= 15 is 0 Å². The molecule has 0 unspecified atom stereocenters. The maximum absolute atomic E-state index is 13.6. The van der Waals surface area contributed by atoms with E-state index in [0.29, 0.717) is 0 Å². The molecule has 0 aliphatic heterocycles. The van der Waals surface area contributed by atoms with Crippen molar-refractivity contribution in [1.82, 2.24) is 0 Å². The molecule has 0 aromatic heterocycles. The zero-order chi connectivity index (χ0) is 10.1. The maximum atomic E-state index is 13.6. The Morgan fingerprint density at radius 1 is 1.50 bits per heavy atom. The normalized spacial score (nSPS) is 20.6. The van der Waals surface area contributed by atoms with E-state index in [0.717, 1.165) is 31.2 Å². The van der Waals surface area contributed by atoms with Gasteiger partial charge in [-0.05, 0) is 42.9 Å². The van der Waals surface area contributed by atoms with E-state index in [2.05, 4.69) is 6.92 Å². The van der Waals surface area contributed by atoms with Crippen LogP contribution in [-0.4, -0.2) is 0 Å². The van der Waals surface area contributed by atoms with Gasteiger partial charge in [0.15, 0.2) is 0 Å². The minimum absolute atomic E-state index is 0.0924. The lowest BCUT2D eigenvalue weighted by molar-refractivity contribution is 0.516. The van der Waals surface area contributed by atoms with Gasteiger partial charge in [-0.2, -0.15) is 0 Å². The van der Waals surface area contributed by atoms with Gasteiger partial charge in [-0.25, -0.2) is 4.39 Å². The first-order chi connectivity index (χ1) is 6.74. The molecule has 1 aromatic rings. The maximum Gasteiger partial charge on any atom is 0.128 e. The summed E-state index contributed by atoms with van der Waals surface area (Å²) in [4.78, 5) is 0. The molecular weight excluding hydrogens is 177 g/mol. The molecule has 2 N–H and O–H groups in total. The number of aryl methyl sites for hydroxylation is 1. The Kier molecular flexibility index (Phi) is 2.55. The summed E-state index contributed by atoms with van der Waals surface area (Å²) in [6.07, 6.45) is 3.96. The molecule has 0 radical (unpaired) electrons. The first kappa shape index (κ1) is 9.66. The van der Waals surface area contributed by atoms with E-state index < -0.39 is 0 Å². The quantitative estimate of drug-likeness (QED) is 0.729. The number of fused-ring (bicyclic) bond motifs is 1. The Hall–Kier alpha value is -0.890. The summed E-state index contributed by atoms with van der Waals surface area (Å²) in [6.45, 7) is 2.10. The average molecular weight is 193 g/mol. The van der Waals surface area contributed by atoms with E-state index in [9.17, 15) is 4.39 Å². The smallest absolute Gasteiger partial charge is 0.128 e. The van der Waals surface area contributed by atoms with Gasteiger partial charge < -0.3 is 5.73 Å². The van der Waals surface area contributed by atoms with Crippen molar-refractivity contribution in [3.05, 3.63) is 34.6 Å². The van der Waals surface area contributed by atoms with Crippen molar-refractivity contribution in [3.8, 4) is 0 Å². The van der Waals surface area contributed by atoms with E-state index in [-0.39, 0.29) is 11.9 Å². The van der Waals surface area contributed by atoms with Crippen LogP contribution in [0.3, 0.4) is 0 Å². The van der Waals surface area contributed by atoms with Gasteiger partial charge in [-0.15, -0.1) is 0 Å². The molecule has 76 valence electrons. The van der Waals surface area contributed by atoms with E-state index in [1.54, 1.807) is 6.07 Å². The molecule has 0 spiro atoms. The molecule has 0 saturated heterocycles. The van der Waals surface area contributed by atoms with Crippen LogP contribution in [0.15, 0.2) is 12.1 Å². The molecule has 1 aliphatic rings. The Bertz CT molecular complexity index is 346. The molecule has 2 heteroatoms. The van der Waals surface area contributed by atoms with Crippen LogP contribution in [-0.2, 0) is 12.8 Å². The summed E-state index contributed by atoms with van der Waals surface area (Å²) in [5, 5.41) is 0. The molecule has 0 bridgehead atoms. The lowest BCUT2D eigenvalue weighted by Gasteiger charge is -2.24. The van der Waals surface area contributed by atoms with Gasteiger partial charge in [-0.3, -0.25) is 0 Å². The zero-order valence-corrected chi connectivity index (χ0v) is 8.52. The number of nitrogens with two attached hydrogens (primary N) is 1. The summed E-state index contributed by atoms with van der Waals surface area (Å²) in [5.41, 5.74) is 9.14. The van der Waals surface area contributed by atoms with Crippen LogP contribution in [0.2, 0.25) is 0 Å². The fourth-order valence-corrected chi connectivity index (χ4v) is 2.35. The summed E-state index contributed by atoms with van der Waals surface area (Å²) in [7, 11) is 0. The topological polar surface area (TPSA) is 26.0 Å². The fourth-order valence-electron chi connectivity index (χ4n) is 2.35. The zero-order valence-electron chi connectivity index (χ0n) is 8.52. The summed E-state index contributed by atoms with van der Waals surface area (Å²) in [6, 6.07) is 3.36. The fraction of sp³-hybridized carbons (Fsp3) is 0.500. The highest BCUT2D eigenvalue weighted by Gasteiger charge is 2.22. The van der Waals surface area contributed by atoms with Crippen molar-refractivity contribution in [2.75, 3.05) is 0 Å². The Balaban J connectivity index is 2.57. The molecule has 0 saturated carbocycles. The largest absolute Gasteiger partial charge is 0.324 e. The second-order valence-corrected chi connectivity index (χ2v) is 3.95. The van der Waals surface area contributed by atoms with Crippen molar-refractivity contribution in [1.29, 1.82) is 0 Å². The summed E-state index contributed by atoms with van der Waals surface area (Å²) < 4.78 is 13.6. The minimum Gasteiger partial charge on any atom is -0.324 e. The van der Waals surface area contributed by atoms with Crippen molar-refractivity contribution in [2.45, 2.75) is 38.6 Å². The molecule has 14 heavy (non-hydrogen) atoms. The predicted molar refractivity (Wildman–Crippen MR) is 55.6 cm³/mol. The van der Waals surface area contributed by atoms with Gasteiger partial charge in [0.25, 0.3) is 0 Å². The van der Waals surface area contributed by atoms with Crippen molar-refractivity contribution in [2.24, 2.45) is 5.73 Å². The molecule has 1 nitrogen and oxygen atoms in total. The highest BCUT2D eigenvalue weighted by Crippen LogP contribution is 2.32. The van der Waals surface area contributed by atoms with Gasteiger partial charge in [-0.1, -0.05) is 13.0 Å². The first-order valence-corrected chi connectivity index (χ1v) is 5.29. The Morgan fingerprint density at radius 2 is 2.29 bits per heavy atom. The lowest BCUT2D eigenvalue weighted by Crippen LogP contribution is -2.20. The number of hydrogen-bond acceptors (Lipinski definition) is 1. The van der Waals surface area contributed by atoms with Gasteiger partial charge >= 0.3 is 0 Å². The van der Waals surface area contributed by atoms with Gasteiger partial charge in [0.05, 0.1) is 0 Å². The monoisotopic (exact) mass is 193 g/mol. The third-order valence-electron chi connectivity index (χ3n) is 3.09. The third-order valence-corrected chi connectivity index (χ3v) is 3.09. The van der Waals surface area contributed by atoms with Crippen LogP contribution in [0.4, 0.5) is 4.39 Å². The van der Waals surface area contributed by atoms with Crippen molar-refractivity contribution in [3.63, 3.8) is 0 Å². The number of halogens is 1. The van der Waals surface area contributed by atoms with Crippen LogP contribution < -0.4 is 5.73 Å². The van der Waals surface area contributed by atoms with E-state index in [1.165, 1.54) is 11.1 Å². The molecule has 1 atom stereocenters. The van der Waals surface area contributed by atoms with Crippen LogP contribution in [0.5, 0.6) is 0 Å². The van der Waals surface area contributed by atoms with Gasteiger partial charge in [0.1, 0.15) is 5.82 Å². The standard InChI is InChI=1S/C12H16FN/c1-2-8-6-7-10(13)12-9(8)4-3-5-11(12)14/h6-7,11H,2-5,14H2,1H3/t11-/m1/s1. The van der Waals surface area contributed by atoms with E-state index in [4.69, 9.17) is 5.73 Å². The molecule has 0 amide bonds. The highest BCUT2D eigenvalue weighted by molar-refractivity contribution is 5.40. The SMILES string of the molecule is CCc1ccc(F)c2c1CCC[C@H]2N. The Morgan fingerprint density at radius 3 is 3.00 bits per heavy atom. The summed E-state index contributed by atoms with van der Waals surface area (Å²) in [5.74, 6) is -0.121. The minimum atomic E-state index is -0.121. The van der Waals surface area contributed by atoms with Crippen LogP contribution in [0, 0.1) is 5.82 Å². The molecule has 2 rings (SSSR count). The van der Waals surface area contributed by atoms with Crippen molar-refractivity contribution < 1.29 is 4.39 Å². The number of hydrogen-bond donors (Lipinski definition) is 1. The molecule has 1 aliphatic carbocycles. The number of rotatable bonds is 1. The second kappa shape index (κ2) is 3.70. The second-order valence-electron chi connectivity index (χ2n) is 3.95. The van der Waals surface area contributed by atoms with Gasteiger partial charge in [0.2, 0.25) is 0 Å². The lowest BCUT2D eigenvalue weighted by atomic mass is 9.84. The highest BCUT2D eigenvalue weighted by atomic mass is 19.1. The molecular formula is C12H16FN. The average Bonchev–Trinajstić information content (AvgIpc) is 2.18. The van der Waals surface area contributed by atoms with E-state index in [1.807, 2.05) is 6.07 Å². The third kappa shape index (κ3) is 1.44. The van der Waals surface area contributed by atoms with Crippen LogP contribution in [0.1, 0.15) is 42.5 Å². The predicted octanol–water partition coefficient (Wildman–Crippen LogP) is 2.72. The van der Waals surface area contributed by atoms with Gasteiger partial charge in [0, 0.05) is 11.6 Å². The van der Waals surface area contributed by atoms with Crippen LogP contribution in [0.25, 0.3) is 0 Å².